The zero-order valence-corrected chi connectivity index (χ0v) is 10.1. The smallest absolute Gasteiger partial charge is 0.277 e. The van der Waals surface area contributed by atoms with Crippen LogP contribution in [0.2, 0.25) is 0 Å². The van der Waals surface area contributed by atoms with Crippen LogP contribution < -0.4 is 5.32 Å². The van der Waals surface area contributed by atoms with E-state index in [1.54, 1.807) is 6.07 Å². The van der Waals surface area contributed by atoms with E-state index < -0.39 is 0 Å². The molecule has 1 fully saturated rings. The maximum atomic E-state index is 12.0. The number of anilines is 1. The van der Waals surface area contributed by atoms with Gasteiger partial charge in [0, 0.05) is 17.7 Å². The second-order valence-corrected chi connectivity index (χ2v) is 4.66. The molecule has 1 aliphatic carbocycles. The number of nitrogens with one attached hydrogen (secondary N) is 1. The Morgan fingerprint density at radius 3 is 2.89 bits per heavy atom. The third-order valence-corrected chi connectivity index (χ3v) is 3.13. The first kappa shape index (κ1) is 11.0. The summed E-state index contributed by atoms with van der Waals surface area (Å²) in [4.78, 5) is 12.0. The van der Waals surface area contributed by atoms with Crippen molar-refractivity contribution < 1.29 is 9.32 Å². The molecule has 3 rings (SSSR count). The lowest BCUT2D eigenvalue weighted by atomic mass is 10.2. The van der Waals surface area contributed by atoms with E-state index in [0.717, 1.165) is 29.9 Å². The monoisotopic (exact) mass is 242 g/mol. The summed E-state index contributed by atoms with van der Waals surface area (Å²) in [5.74, 6) is 1.07. The van der Waals surface area contributed by atoms with Gasteiger partial charge in [0.1, 0.15) is 5.76 Å². The number of carbonyl (C=O) groups is 1. The van der Waals surface area contributed by atoms with E-state index >= 15 is 0 Å². The molecule has 0 unspecified atom stereocenters. The van der Waals surface area contributed by atoms with Crippen LogP contribution in [0.25, 0.3) is 0 Å². The first-order chi connectivity index (χ1) is 8.74. The molecule has 18 heavy (non-hydrogen) atoms. The molecule has 1 heterocycles. The molecule has 0 saturated heterocycles. The van der Waals surface area contributed by atoms with E-state index in [1.165, 1.54) is 0 Å². The van der Waals surface area contributed by atoms with Gasteiger partial charge in [-0.2, -0.15) is 0 Å². The van der Waals surface area contributed by atoms with Gasteiger partial charge in [-0.1, -0.05) is 23.4 Å². The molecule has 1 N–H and O–H groups in total. The Balaban J connectivity index is 1.76. The van der Waals surface area contributed by atoms with Gasteiger partial charge in [0.05, 0.1) is 0 Å². The molecule has 1 aliphatic rings. The van der Waals surface area contributed by atoms with Crippen LogP contribution in [0.5, 0.6) is 0 Å². The Morgan fingerprint density at radius 1 is 1.39 bits per heavy atom. The second kappa shape index (κ2) is 4.29. The Labute approximate surface area is 105 Å². The highest BCUT2D eigenvalue weighted by molar-refractivity contribution is 6.03. The van der Waals surface area contributed by atoms with Crippen molar-refractivity contribution in [3.63, 3.8) is 0 Å². The second-order valence-electron chi connectivity index (χ2n) is 4.66. The predicted molar refractivity (Wildman–Crippen MR) is 67.6 cm³/mol. The predicted octanol–water partition coefficient (Wildman–Crippen LogP) is 3.11. The van der Waals surface area contributed by atoms with Gasteiger partial charge in [0.15, 0.2) is 5.69 Å². The summed E-state index contributed by atoms with van der Waals surface area (Å²) >= 11 is 0. The minimum Gasteiger partial charge on any atom is -0.360 e. The summed E-state index contributed by atoms with van der Waals surface area (Å²) in [6, 6.07) is 9.39. The van der Waals surface area contributed by atoms with E-state index in [0.29, 0.717) is 11.6 Å². The van der Waals surface area contributed by atoms with Gasteiger partial charge in [-0.15, -0.1) is 0 Å². The van der Waals surface area contributed by atoms with Crippen LogP contribution in [0.4, 0.5) is 5.69 Å². The lowest BCUT2D eigenvalue weighted by Gasteiger charge is -2.05. The molecular formula is C14H14N2O2. The summed E-state index contributed by atoms with van der Waals surface area (Å²) < 4.78 is 5.17. The molecular weight excluding hydrogens is 228 g/mol. The van der Waals surface area contributed by atoms with Gasteiger partial charge in [-0.05, 0) is 31.4 Å². The van der Waals surface area contributed by atoms with Crippen molar-refractivity contribution in [3.05, 3.63) is 47.3 Å². The third kappa shape index (κ3) is 2.14. The summed E-state index contributed by atoms with van der Waals surface area (Å²) in [5.41, 5.74) is 2.18. The first-order valence-corrected chi connectivity index (χ1v) is 6.07. The average Bonchev–Trinajstić information content (AvgIpc) is 3.10. The Kier molecular flexibility index (Phi) is 2.63. The minimum atomic E-state index is -0.222. The number of rotatable bonds is 3. The molecule has 0 bridgehead atoms. The quantitative estimate of drug-likeness (QED) is 0.899. The van der Waals surface area contributed by atoms with Gasteiger partial charge in [0.25, 0.3) is 5.91 Å². The highest BCUT2D eigenvalue weighted by Crippen LogP contribution is 2.40. The van der Waals surface area contributed by atoms with E-state index in [1.807, 2.05) is 31.2 Å². The summed E-state index contributed by atoms with van der Waals surface area (Å²) in [6.45, 7) is 1.95. The molecule has 0 aliphatic heterocycles. The number of carbonyl (C=O) groups excluding carboxylic acids is 1. The topological polar surface area (TPSA) is 55.1 Å². The van der Waals surface area contributed by atoms with Crippen LogP contribution in [0.3, 0.4) is 0 Å². The third-order valence-electron chi connectivity index (χ3n) is 3.13. The normalized spacial score (nSPS) is 14.5. The number of amides is 1. The maximum absolute atomic E-state index is 12.0. The van der Waals surface area contributed by atoms with Gasteiger partial charge < -0.3 is 9.84 Å². The number of aryl methyl sites for hydroxylation is 1. The first-order valence-electron chi connectivity index (χ1n) is 6.07. The minimum absolute atomic E-state index is 0.222. The van der Waals surface area contributed by atoms with Crippen LogP contribution in [0.1, 0.15) is 40.6 Å². The fourth-order valence-corrected chi connectivity index (χ4v) is 1.86. The molecule has 1 saturated carbocycles. The molecule has 4 nitrogen and oxygen atoms in total. The van der Waals surface area contributed by atoms with Crippen molar-refractivity contribution in [1.82, 2.24) is 5.16 Å². The van der Waals surface area contributed by atoms with Crippen molar-refractivity contribution in [1.29, 1.82) is 0 Å². The fourth-order valence-electron chi connectivity index (χ4n) is 1.86. The molecule has 1 aromatic heterocycles. The lowest BCUT2D eigenvalue weighted by molar-refractivity contribution is 0.101. The van der Waals surface area contributed by atoms with Gasteiger partial charge in [-0.25, -0.2) is 0 Å². The molecule has 0 spiro atoms. The zero-order valence-electron chi connectivity index (χ0n) is 10.1. The SMILES string of the molecule is Cc1ccccc1NC(=O)c1cc(C2CC2)on1. The molecule has 92 valence electrons. The van der Waals surface area contributed by atoms with Crippen molar-refractivity contribution in [2.45, 2.75) is 25.7 Å². The van der Waals surface area contributed by atoms with Crippen molar-refractivity contribution >= 4 is 11.6 Å². The Hall–Kier alpha value is -2.10. The van der Waals surface area contributed by atoms with Crippen LogP contribution >= 0.6 is 0 Å². The highest BCUT2D eigenvalue weighted by Gasteiger charge is 2.28. The standard InChI is InChI=1S/C14H14N2O2/c1-9-4-2-3-5-11(9)15-14(17)12-8-13(18-16-12)10-6-7-10/h2-5,8,10H,6-7H2,1H3,(H,15,17). The number of aromatic nitrogens is 1. The highest BCUT2D eigenvalue weighted by atomic mass is 16.5. The van der Waals surface area contributed by atoms with E-state index in [9.17, 15) is 4.79 Å². The molecule has 1 aromatic carbocycles. The molecule has 4 heteroatoms. The molecule has 2 aromatic rings. The summed E-state index contributed by atoms with van der Waals surface area (Å²) in [5, 5.41) is 6.65. The van der Waals surface area contributed by atoms with Gasteiger partial charge in [0.2, 0.25) is 0 Å². The van der Waals surface area contributed by atoms with E-state index in [-0.39, 0.29) is 5.91 Å². The van der Waals surface area contributed by atoms with Gasteiger partial charge in [-0.3, -0.25) is 4.79 Å². The van der Waals surface area contributed by atoms with Crippen LogP contribution in [-0.2, 0) is 0 Å². The number of hydrogen-bond donors (Lipinski definition) is 1. The van der Waals surface area contributed by atoms with Gasteiger partial charge >= 0.3 is 0 Å². The number of hydrogen-bond acceptors (Lipinski definition) is 3. The molecule has 0 radical (unpaired) electrons. The molecule has 0 atom stereocenters. The van der Waals surface area contributed by atoms with Crippen molar-refractivity contribution in [2.24, 2.45) is 0 Å². The zero-order chi connectivity index (χ0) is 12.5. The lowest BCUT2D eigenvalue weighted by Crippen LogP contribution is -2.12. The summed E-state index contributed by atoms with van der Waals surface area (Å²) in [6.07, 6.45) is 2.27. The maximum Gasteiger partial charge on any atom is 0.277 e. The number of nitrogens with zero attached hydrogens (tertiary/aromatic N) is 1. The van der Waals surface area contributed by atoms with Crippen LogP contribution in [0, 0.1) is 6.92 Å². The van der Waals surface area contributed by atoms with Crippen molar-refractivity contribution in [2.75, 3.05) is 5.32 Å². The van der Waals surface area contributed by atoms with Crippen LogP contribution in [-0.4, -0.2) is 11.1 Å². The largest absolute Gasteiger partial charge is 0.360 e. The van der Waals surface area contributed by atoms with Crippen molar-refractivity contribution in [3.8, 4) is 0 Å². The molecule has 1 amide bonds. The Bertz CT molecular complexity index is 585. The van der Waals surface area contributed by atoms with E-state index in [2.05, 4.69) is 10.5 Å². The van der Waals surface area contributed by atoms with Crippen LogP contribution in [0.15, 0.2) is 34.9 Å². The van der Waals surface area contributed by atoms with E-state index in [4.69, 9.17) is 4.52 Å². The number of para-hydroxylation sites is 1. The Morgan fingerprint density at radius 2 is 2.17 bits per heavy atom. The number of benzene rings is 1. The fraction of sp³-hybridized carbons (Fsp3) is 0.286. The summed E-state index contributed by atoms with van der Waals surface area (Å²) in [7, 11) is 0. The average molecular weight is 242 g/mol.